The van der Waals surface area contributed by atoms with Crippen LogP contribution in [0.4, 0.5) is 5.69 Å². The second-order valence-electron chi connectivity index (χ2n) is 7.11. The zero-order chi connectivity index (χ0) is 19.9. The van der Waals surface area contributed by atoms with Crippen LogP contribution in [-0.4, -0.2) is 60.9 Å². The summed E-state index contributed by atoms with van der Waals surface area (Å²) in [4.78, 5) is 28.7. The minimum atomic E-state index is -0.313. The van der Waals surface area contributed by atoms with E-state index in [1.54, 1.807) is 19.2 Å². The average molecular weight is 380 g/mol. The number of amides is 2. The number of benzene rings is 2. The lowest BCUT2D eigenvalue weighted by molar-refractivity contribution is -0.133. The van der Waals surface area contributed by atoms with Crippen molar-refractivity contribution in [1.29, 1.82) is 0 Å². The van der Waals surface area contributed by atoms with Gasteiger partial charge in [-0.05, 0) is 36.8 Å². The number of nitrogens with one attached hydrogen (secondary N) is 2. The van der Waals surface area contributed by atoms with Crippen molar-refractivity contribution in [2.75, 3.05) is 38.5 Å². The first-order valence-corrected chi connectivity index (χ1v) is 9.70. The third-order valence-electron chi connectivity index (χ3n) is 5.06. The summed E-state index contributed by atoms with van der Waals surface area (Å²) in [5, 5.41) is 5.83. The molecule has 3 rings (SSSR count). The molecule has 6 heteroatoms. The van der Waals surface area contributed by atoms with Gasteiger partial charge in [0.05, 0.1) is 0 Å². The van der Waals surface area contributed by atoms with Gasteiger partial charge in [0.1, 0.15) is 6.04 Å². The molecule has 1 aliphatic rings. The summed E-state index contributed by atoms with van der Waals surface area (Å²) in [6, 6.07) is 17.3. The maximum atomic E-state index is 12.8. The fourth-order valence-corrected chi connectivity index (χ4v) is 3.42. The van der Waals surface area contributed by atoms with E-state index in [2.05, 4.69) is 39.8 Å². The molecule has 0 aromatic heterocycles. The van der Waals surface area contributed by atoms with Gasteiger partial charge in [-0.25, -0.2) is 0 Å². The van der Waals surface area contributed by atoms with Crippen LogP contribution in [0.3, 0.4) is 0 Å². The van der Waals surface area contributed by atoms with E-state index in [0.717, 1.165) is 38.4 Å². The Hall–Kier alpha value is -2.86. The molecule has 1 fully saturated rings. The summed E-state index contributed by atoms with van der Waals surface area (Å²) in [5.41, 5.74) is 2.73. The third-order valence-corrected chi connectivity index (χ3v) is 5.06. The highest BCUT2D eigenvalue weighted by atomic mass is 16.2. The second kappa shape index (κ2) is 9.37. The molecule has 1 unspecified atom stereocenters. The molecule has 0 spiro atoms. The molecule has 6 nitrogen and oxygen atoms in total. The predicted molar refractivity (Wildman–Crippen MR) is 111 cm³/mol. The van der Waals surface area contributed by atoms with Gasteiger partial charge in [0, 0.05) is 51.0 Å². The molecule has 2 N–H and O–H groups in total. The molecule has 0 aliphatic carbocycles. The van der Waals surface area contributed by atoms with Crippen LogP contribution in [0.25, 0.3) is 0 Å². The summed E-state index contributed by atoms with van der Waals surface area (Å²) in [5.74, 6) is -0.0150. The summed E-state index contributed by atoms with van der Waals surface area (Å²) >= 11 is 0. The standard InChI is InChI=1S/C22H28N4O2/c1-17(24-20-10-8-19(9-11-20)21(27)23-2)22(28)26-14-12-25(13-15-26)16-18-6-4-3-5-7-18/h3-11,17,24H,12-16H2,1-2H3,(H,23,27). The van der Waals surface area contributed by atoms with Crippen LogP contribution < -0.4 is 10.6 Å². The molecule has 2 aromatic rings. The van der Waals surface area contributed by atoms with Crippen molar-refractivity contribution >= 4 is 17.5 Å². The van der Waals surface area contributed by atoms with Gasteiger partial charge in [-0.3, -0.25) is 14.5 Å². The quantitative estimate of drug-likeness (QED) is 0.806. The number of piperazine rings is 1. The van der Waals surface area contributed by atoms with E-state index in [-0.39, 0.29) is 17.9 Å². The molecule has 1 aliphatic heterocycles. The first-order valence-electron chi connectivity index (χ1n) is 9.70. The summed E-state index contributed by atoms with van der Waals surface area (Å²) in [6.45, 7) is 6.06. The summed E-state index contributed by atoms with van der Waals surface area (Å²) < 4.78 is 0. The number of hydrogen-bond acceptors (Lipinski definition) is 4. The predicted octanol–water partition coefficient (Wildman–Crippen LogP) is 2.19. The molecule has 1 atom stereocenters. The van der Waals surface area contributed by atoms with Gasteiger partial charge in [0.2, 0.25) is 5.91 Å². The number of rotatable bonds is 6. The molecule has 0 radical (unpaired) electrons. The third kappa shape index (κ3) is 5.10. The first-order chi connectivity index (χ1) is 13.6. The summed E-state index contributed by atoms with van der Waals surface area (Å²) in [7, 11) is 1.61. The highest BCUT2D eigenvalue weighted by Gasteiger charge is 2.24. The van der Waals surface area contributed by atoms with E-state index in [4.69, 9.17) is 0 Å². The van der Waals surface area contributed by atoms with Gasteiger partial charge < -0.3 is 15.5 Å². The van der Waals surface area contributed by atoms with E-state index in [0.29, 0.717) is 5.56 Å². The Labute approximate surface area is 166 Å². The lowest BCUT2D eigenvalue weighted by atomic mass is 10.1. The van der Waals surface area contributed by atoms with Crippen LogP contribution in [-0.2, 0) is 11.3 Å². The molecule has 1 saturated heterocycles. The zero-order valence-electron chi connectivity index (χ0n) is 16.5. The van der Waals surface area contributed by atoms with E-state index in [1.807, 2.05) is 30.0 Å². The van der Waals surface area contributed by atoms with Crippen LogP contribution in [0.1, 0.15) is 22.8 Å². The van der Waals surface area contributed by atoms with Crippen LogP contribution in [0, 0.1) is 0 Å². The number of anilines is 1. The molecule has 0 bridgehead atoms. The van der Waals surface area contributed by atoms with Crippen molar-refractivity contribution in [2.24, 2.45) is 0 Å². The van der Waals surface area contributed by atoms with E-state index in [9.17, 15) is 9.59 Å². The van der Waals surface area contributed by atoms with Crippen LogP contribution in [0.5, 0.6) is 0 Å². The molecule has 148 valence electrons. The number of carbonyl (C=O) groups excluding carboxylic acids is 2. The van der Waals surface area contributed by atoms with E-state index in [1.165, 1.54) is 5.56 Å². The lowest BCUT2D eigenvalue weighted by Crippen LogP contribution is -2.51. The number of nitrogens with zero attached hydrogens (tertiary/aromatic N) is 2. The highest BCUT2D eigenvalue weighted by Crippen LogP contribution is 2.14. The topological polar surface area (TPSA) is 64.7 Å². The molecule has 0 saturated carbocycles. The Morgan fingerprint density at radius 2 is 1.61 bits per heavy atom. The smallest absolute Gasteiger partial charge is 0.251 e. The maximum absolute atomic E-state index is 12.8. The Morgan fingerprint density at radius 3 is 2.21 bits per heavy atom. The lowest BCUT2D eigenvalue weighted by Gasteiger charge is -2.36. The molecule has 2 amide bonds. The molecular formula is C22H28N4O2. The normalized spacial score (nSPS) is 15.7. The Balaban J connectivity index is 1.48. The SMILES string of the molecule is CNC(=O)c1ccc(NC(C)C(=O)N2CCN(Cc3ccccc3)CC2)cc1. The molecular weight excluding hydrogens is 352 g/mol. The van der Waals surface area contributed by atoms with Crippen LogP contribution >= 0.6 is 0 Å². The van der Waals surface area contributed by atoms with Crippen molar-refractivity contribution in [3.63, 3.8) is 0 Å². The Bertz CT molecular complexity index is 784. The summed E-state index contributed by atoms with van der Waals surface area (Å²) in [6.07, 6.45) is 0. The van der Waals surface area contributed by atoms with Gasteiger partial charge in [0.15, 0.2) is 0 Å². The Kier molecular flexibility index (Phi) is 6.66. The van der Waals surface area contributed by atoms with Crippen molar-refractivity contribution in [3.8, 4) is 0 Å². The highest BCUT2D eigenvalue weighted by molar-refractivity contribution is 5.94. The fourth-order valence-electron chi connectivity index (χ4n) is 3.42. The Morgan fingerprint density at radius 1 is 0.964 bits per heavy atom. The minimum Gasteiger partial charge on any atom is -0.374 e. The van der Waals surface area contributed by atoms with Crippen molar-refractivity contribution in [1.82, 2.24) is 15.1 Å². The zero-order valence-corrected chi connectivity index (χ0v) is 16.5. The first kappa shape index (κ1) is 19.9. The van der Waals surface area contributed by atoms with Crippen molar-refractivity contribution < 1.29 is 9.59 Å². The average Bonchev–Trinajstić information content (AvgIpc) is 2.74. The largest absolute Gasteiger partial charge is 0.374 e. The van der Waals surface area contributed by atoms with Gasteiger partial charge >= 0.3 is 0 Å². The van der Waals surface area contributed by atoms with Crippen molar-refractivity contribution in [2.45, 2.75) is 19.5 Å². The second-order valence-corrected chi connectivity index (χ2v) is 7.11. The molecule has 28 heavy (non-hydrogen) atoms. The van der Waals surface area contributed by atoms with Gasteiger partial charge in [-0.2, -0.15) is 0 Å². The minimum absolute atomic E-state index is 0.106. The van der Waals surface area contributed by atoms with Gasteiger partial charge in [-0.1, -0.05) is 30.3 Å². The van der Waals surface area contributed by atoms with E-state index < -0.39 is 0 Å². The van der Waals surface area contributed by atoms with Crippen LogP contribution in [0.2, 0.25) is 0 Å². The van der Waals surface area contributed by atoms with Crippen LogP contribution in [0.15, 0.2) is 54.6 Å². The maximum Gasteiger partial charge on any atom is 0.251 e. The van der Waals surface area contributed by atoms with Crippen molar-refractivity contribution in [3.05, 3.63) is 65.7 Å². The van der Waals surface area contributed by atoms with E-state index >= 15 is 0 Å². The fraction of sp³-hybridized carbons (Fsp3) is 0.364. The monoisotopic (exact) mass is 380 g/mol. The molecule has 1 heterocycles. The number of carbonyl (C=O) groups is 2. The van der Waals surface area contributed by atoms with Gasteiger partial charge in [0.25, 0.3) is 5.91 Å². The number of hydrogen-bond donors (Lipinski definition) is 2. The van der Waals surface area contributed by atoms with Gasteiger partial charge in [-0.15, -0.1) is 0 Å². The molecule has 2 aromatic carbocycles.